The Morgan fingerprint density at radius 3 is 2.80 bits per heavy atom. The second-order valence-electron chi connectivity index (χ2n) is 1.73. The van der Waals surface area contributed by atoms with E-state index < -0.39 is 0 Å². The molecule has 0 aliphatic rings. The Morgan fingerprint density at radius 1 is 1.50 bits per heavy atom. The van der Waals surface area contributed by atoms with E-state index in [1.165, 1.54) is 0 Å². The Labute approximate surface area is 73.0 Å². The second kappa shape index (κ2) is 3.82. The van der Waals surface area contributed by atoms with Crippen LogP contribution in [0.25, 0.3) is 0 Å². The van der Waals surface area contributed by atoms with Crippen LogP contribution in [0.5, 0.6) is 0 Å². The van der Waals surface area contributed by atoms with Gasteiger partial charge in [0, 0.05) is 19.5 Å². The molecule has 0 spiro atoms. The van der Waals surface area contributed by atoms with Crippen molar-refractivity contribution < 1.29 is 4.74 Å². The maximum Gasteiger partial charge on any atom is 0.125 e. The molecule has 0 saturated heterocycles. The normalized spacial score (nSPS) is 9.80. The molecule has 1 heterocycles. The molecule has 1 rings (SSSR count). The van der Waals surface area contributed by atoms with Crippen LogP contribution >= 0.6 is 22.6 Å². The molecule has 10 heavy (non-hydrogen) atoms. The van der Waals surface area contributed by atoms with Gasteiger partial charge in [-0.25, -0.2) is 4.98 Å². The average molecular weight is 250 g/mol. The first-order valence-electron chi connectivity index (χ1n) is 2.79. The highest BCUT2D eigenvalue weighted by molar-refractivity contribution is 14.1. The zero-order chi connectivity index (χ0) is 7.40. The summed E-state index contributed by atoms with van der Waals surface area (Å²) < 4.78 is 5.81. The quantitative estimate of drug-likeness (QED) is 0.740. The largest absolute Gasteiger partial charge is 0.378 e. The number of hydrogen-bond donors (Lipinski definition) is 0. The molecule has 3 nitrogen and oxygen atoms in total. The zero-order valence-corrected chi connectivity index (χ0v) is 7.70. The first-order valence-corrected chi connectivity index (χ1v) is 3.87. The predicted molar refractivity (Wildman–Crippen MR) is 45.5 cm³/mol. The molecule has 0 atom stereocenters. The number of halogens is 1. The van der Waals surface area contributed by atoms with Crippen LogP contribution in [0.15, 0.2) is 12.4 Å². The number of ether oxygens (including phenoxy) is 1. The third-order valence-corrected chi connectivity index (χ3v) is 1.91. The molecule has 0 amide bonds. The summed E-state index contributed by atoms with van der Waals surface area (Å²) in [6, 6.07) is 0. The van der Waals surface area contributed by atoms with Crippen LogP contribution in [0, 0.1) is 3.70 Å². The molecule has 0 N–H and O–H groups in total. The van der Waals surface area contributed by atoms with Crippen molar-refractivity contribution >= 4 is 22.6 Å². The molecule has 4 heteroatoms. The van der Waals surface area contributed by atoms with Crippen LogP contribution in [0.2, 0.25) is 0 Å². The predicted octanol–water partition coefficient (Wildman–Crippen LogP) is 1.23. The molecule has 0 unspecified atom stereocenters. The molecule has 0 bridgehead atoms. The standard InChI is InChI=1S/C6H7IN2O/c1-10-4-5-6(7)9-3-2-8-5/h2-3H,4H2,1H3. The van der Waals surface area contributed by atoms with E-state index in [0.717, 1.165) is 9.39 Å². The summed E-state index contributed by atoms with van der Waals surface area (Å²) in [6.45, 7) is 0.534. The highest BCUT2D eigenvalue weighted by atomic mass is 127. The highest BCUT2D eigenvalue weighted by Crippen LogP contribution is 2.04. The van der Waals surface area contributed by atoms with Gasteiger partial charge in [-0.15, -0.1) is 0 Å². The minimum atomic E-state index is 0.534. The molecular weight excluding hydrogens is 243 g/mol. The lowest BCUT2D eigenvalue weighted by atomic mass is 10.5. The maximum atomic E-state index is 4.90. The van der Waals surface area contributed by atoms with Crippen LogP contribution in [0.4, 0.5) is 0 Å². The number of hydrogen-bond acceptors (Lipinski definition) is 3. The molecule has 0 aromatic carbocycles. The smallest absolute Gasteiger partial charge is 0.125 e. The monoisotopic (exact) mass is 250 g/mol. The van der Waals surface area contributed by atoms with Crippen LogP contribution in [0.3, 0.4) is 0 Å². The average Bonchev–Trinajstić information content (AvgIpc) is 1.94. The summed E-state index contributed by atoms with van der Waals surface area (Å²) in [5, 5.41) is 0. The summed E-state index contributed by atoms with van der Waals surface area (Å²) in [5.41, 5.74) is 0.894. The van der Waals surface area contributed by atoms with Gasteiger partial charge in [0.15, 0.2) is 0 Å². The number of nitrogens with zero attached hydrogens (tertiary/aromatic N) is 2. The second-order valence-corrected chi connectivity index (χ2v) is 2.75. The van der Waals surface area contributed by atoms with Gasteiger partial charge in [-0.05, 0) is 22.6 Å². The molecule has 0 saturated carbocycles. The molecule has 0 aliphatic heterocycles. The zero-order valence-electron chi connectivity index (χ0n) is 5.54. The lowest BCUT2D eigenvalue weighted by Crippen LogP contribution is -1.96. The van der Waals surface area contributed by atoms with E-state index in [2.05, 4.69) is 32.6 Å². The van der Waals surface area contributed by atoms with Crippen molar-refractivity contribution in [1.82, 2.24) is 9.97 Å². The van der Waals surface area contributed by atoms with E-state index >= 15 is 0 Å². The third-order valence-electron chi connectivity index (χ3n) is 1.00. The summed E-state index contributed by atoms with van der Waals surface area (Å²) in [5.74, 6) is 0. The van der Waals surface area contributed by atoms with E-state index in [1.807, 2.05) is 0 Å². The Kier molecular flexibility index (Phi) is 3.01. The Bertz CT molecular complexity index is 217. The van der Waals surface area contributed by atoms with E-state index in [1.54, 1.807) is 19.5 Å². The fourth-order valence-electron chi connectivity index (χ4n) is 0.583. The highest BCUT2D eigenvalue weighted by Gasteiger charge is 1.98. The first kappa shape index (κ1) is 7.87. The summed E-state index contributed by atoms with van der Waals surface area (Å²) in [7, 11) is 1.64. The van der Waals surface area contributed by atoms with E-state index in [0.29, 0.717) is 6.61 Å². The third kappa shape index (κ3) is 1.88. The van der Waals surface area contributed by atoms with Gasteiger partial charge in [-0.3, -0.25) is 4.98 Å². The maximum absolute atomic E-state index is 4.90. The summed E-state index contributed by atoms with van der Waals surface area (Å²) in [6.07, 6.45) is 3.33. The summed E-state index contributed by atoms with van der Waals surface area (Å²) >= 11 is 2.13. The van der Waals surface area contributed by atoms with Gasteiger partial charge < -0.3 is 4.74 Å². The molecule has 1 aromatic rings. The lowest BCUT2D eigenvalue weighted by Gasteiger charge is -1.98. The van der Waals surface area contributed by atoms with Crippen molar-refractivity contribution in [2.75, 3.05) is 7.11 Å². The van der Waals surface area contributed by atoms with Crippen molar-refractivity contribution in [1.29, 1.82) is 0 Å². The van der Waals surface area contributed by atoms with Crippen molar-refractivity contribution in [3.8, 4) is 0 Å². The summed E-state index contributed by atoms with van der Waals surface area (Å²) in [4.78, 5) is 8.11. The molecule has 0 aliphatic carbocycles. The SMILES string of the molecule is COCc1nccnc1I. The minimum absolute atomic E-state index is 0.534. The fraction of sp³-hybridized carbons (Fsp3) is 0.333. The minimum Gasteiger partial charge on any atom is -0.378 e. The lowest BCUT2D eigenvalue weighted by molar-refractivity contribution is 0.180. The topological polar surface area (TPSA) is 35.0 Å². The van der Waals surface area contributed by atoms with E-state index in [9.17, 15) is 0 Å². The van der Waals surface area contributed by atoms with Crippen molar-refractivity contribution in [3.63, 3.8) is 0 Å². The van der Waals surface area contributed by atoms with Gasteiger partial charge in [0.1, 0.15) is 3.70 Å². The van der Waals surface area contributed by atoms with Crippen molar-refractivity contribution in [3.05, 3.63) is 21.8 Å². The van der Waals surface area contributed by atoms with E-state index in [-0.39, 0.29) is 0 Å². The van der Waals surface area contributed by atoms with Crippen LogP contribution in [-0.2, 0) is 11.3 Å². The fourth-order valence-corrected chi connectivity index (χ4v) is 1.04. The van der Waals surface area contributed by atoms with Gasteiger partial charge in [0.05, 0.1) is 12.3 Å². The Morgan fingerprint density at radius 2 is 2.20 bits per heavy atom. The molecular formula is C6H7IN2O. The van der Waals surface area contributed by atoms with Gasteiger partial charge in [-0.1, -0.05) is 0 Å². The van der Waals surface area contributed by atoms with Crippen LogP contribution in [-0.4, -0.2) is 17.1 Å². The number of rotatable bonds is 2. The van der Waals surface area contributed by atoms with Crippen molar-refractivity contribution in [2.45, 2.75) is 6.61 Å². The van der Waals surface area contributed by atoms with Crippen molar-refractivity contribution in [2.24, 2.45) is 0 Å². The molecule has 54 valence electrons. The number of methoxy groups -OCH3 is 1. The van der Waals surface area contributed by atoms with E-state index in [4.69, 9.17) is 4.74 Å². The van der Waals surface area contributed by atoms with Gasteiger partial charge in [0.25, 0.3) is 0 Å². The number of aromatic nitrogens is 2. The van der Waals surface area contributed by atoms with Gasteiger partial charge in [0.2, 0.25) is 0 Å². The van der Waals surface area contributed by atoms with Gasteiger partial charge in [-0.2, -0.15) is 0 Å². The Balaban J connectivity index is 2.81. The van der Waals surface area contributed by atoms with Crippen LogP contribution in [0.1, 0.15) is 5.69 Å². The first-order chi connectivity index (χ1) is 4.84. The molecule has 0 radical (unpaired) electrons. The molecule has 0 fully saturated rings. The molecule has 1 aromatic heterocycles. The van der Waals surface area contributed by atoms with Gasteiger partial charge >= 0.3 is 0 Å². The Hall–Kier alpha value is -0.230. The van der Waals surface area contributed by atoms with Crippen LogP contribution < -0.4 is 0 Å².